The summed E-state index contributed by atoms with van der Waals surface area (Å²) in [4.78, 5) is 0. The van der Waals surface area contributed by atoms with Gasteiger partial charge in [0, 0.05) is 16.3 Å². The molecule has 0 aliphatic heterocycles. The molecule has 21 heavy (non-hydrogen) atoms. The summed E-state index contributed by atoms with van der Waals surface area (Å²) in [6.07, 6.45) is 2.92. The van der Waals surface area contributed by atoms with E-state index in [0.29, 0.717) is 13.4 Å². The summed E-state index contributed by atoms with van der Waals surface area (Å²) in [6.45, 7) is 10.1. The zero-order chi connectivity index (χ0) is 15.6. The minimum absolute atomic E-state index is 0.199. The van der Waals surface area contributed by atoms with Gasteiger partial charge >= 0.3 is 0 Å². The Labute approximate surface area is 138 Å². The molecule has 0 saturated heterocycles. The van der Waals surface area contributed by atoms with Crippen molar-refractivity contribution in [3.05, 3.63) is 42.0 Å². The average molecular weight is 327 g/mol. The highest BCUT2D eigenvalue weighted by Crippen LogP contribution is 2.28. The van der Waals surface area contributed by atoms with Crippen molar-refractivity contribution in [1.82, 2.24) is 0 Å². The second-order valence-corrected chi connectivity index (χ2v) is 7.64. The Balaban J connectivity index is 2.24. The molecule has 1 aromatic rings. The third kappa shape index (κ3) is 8.57. The largest absolute Gasteiger partial charge is 0.355 e. The highest BCUT2D eigenvalue weighted by Gasteiger charge is 2.18. The van der Waals surface area contributed by atoms with Gasteiger partial charge in [0.2, 0.25) is 0 Å². The van der Waals surface area contributed by atoms with Gasteiger partial charge in [-0.25, -0.2) is 0 Å². The van der Waals surface area contributed by atoms with Crippen LogP contribution >= 0.6 is 24.4 Å². The Bertz CT molecular complexity index is 402. The van der Waals surface area contributed by atoms with E-state index in [9.17, 15) is 0 Å². The topological polar surface area (TPSA) is 18.5 Å². The van der Waals surface area contributed by atoms with E-state index in [1.165, 1.54) is 11.1 Å². The van der Waals surface area contributed by atoms with Crippen LogP contribution in [0.5, 0.6) is 0 Å². The summed E-state index contributed by atoms with van der Waals surface area (Å²) in [5, 5.41) is 0. The predicted octanol–water partition coefficient (Wildman–Crippen LogP) is 4.30. The molecule has 4 heteroatoms. The van der Waals surface area contributed by atoms with E-state index in [0.717, 1.165) is 24.5 Å². The molecule has 0 spiro atoms. The lowest BCUT2D eigenvalue weighted by molar-refractivity contribution is -0.0425. The van der Waals surface area contributed by atoms with Crippen molar-refractivity contribution in [3.63, 3.8) is 0 Å². The van der Waals surface area contributed by atoms with Gasteiger partial charge in [0.25, 0.3) is 0 Å². The van der Waals surface area contributed by atoms with Crippen LogP contribution in [0.25, 0.3) is 6.08 Å². The Morgan fingerprint density at radius 3 is 2.48 bits per heavy atom. The molecular weight excluding hydrogens is 300 g/mol. The van der Waals surface area contributed by atoms with Gasteiger partial charge in [-0.15, -0.1) is 0 Å². The number of rotatable bonds is 11. The van der Waals surface area contributed by atoms with Crippen LogP contribution in [-0.4, -0.2) is 36.3 Å². The van der Waals surface area contributed by atoms with E-state index in [1.54, 1.807) is 0 Å². The van der Waals surface area contributed by atoms with Crippen LogP contribution in [0.2, 0.25) is 0 Å². The van der Waals surface area contributed by atoms with E-state index in [2.05, 4.69) is 57.3 Å². The van der Waals surface area contributed by atoms with Crippen molar-refractivity contribution in [2.45, 2.75) is 25.0 Å². The maximum Gasteiger partial charge on any atom is 0.146 e. The van der Waals surface area contributed by atoms with Gasteiger partial charge in [-0.1, -0.05) is 50.8 Å². The van der Waals surface area contributed by atoms with E-state index >= 15 is 0 Å². The van der Waals surface area contributed by atoms with Crippen molar-refractivity contribution >= 4 is 30.5 Å². The molecule has 0 atom stereocenters. The smallest absolute Gasteiger partial charge is 0.146 e. The number of thiol groups is 1. The Kier molecular flexibility index (Phi) is 9.16. The summed E-state index contributed by atoms with van der Waals surface area (Å²) >= 11 is 6.00. The summed E-state index contributed by atoms with van der Waals surface area (Å²) in [6, 6.07) is 8.60. The van der Waals surface area contributed by atoms with Gasteiger partial charge < -0.3 is 9.47 Å². The van der Waals surface area contributed by atoms with E-state index in [1.807, 2.05) is 17.8 Å². The van der Waals surface area contributed by atoms with Crippen LogP contribution in [0.1, 0.15) is 25.0 Å². The maximum atomic E-state index is 5.42. The summed E-state index contributed by atoms with van der Waals surface area (Å²) in [7, 11) is 0. The van der Waals surface area contributed by atoms with Gasteiger partial charge in [0.15, 0.2) is 0 Å². The molecule has 0 N–H and O–H groups in total. The minimum Gasteiger partial charge on any atom is -0.355 e. The van der Waals surface area contributed by atoms with Gasteiger partial charge in [-0.2, -0.15) is 24.4 Å². The molecule has 0 saturated carbocycles. The lowest BCUT2D eigenvalue weighted by atomic mass is 10.0. The quantitative estimate of drug-likeness (QED) is 0.371. The van der Waals surface area contributed by atoms with Crippen LogP contribution < -0.4 is 0 Å². The second-order valence-electron chi connectivity index (χ2n) is 5.39. The van der Waals surface area contributed by atoms with Crippen LogP contribution in [0.15, 0.2) is 30.8 Å². The average Bonchev–Trinajstić information content (AvgIpc) is 2.46. The monoisotopic (exact) mass is 326 g/mol. The second kappa shape index (κ2) is 10.3. The lowest BCUT2D eigenvalue weighted by Gasteiger charge is -2.24. The molecule has 0 unspecified atom stereocenters. The van der Waals surface area contributed by atoms with Gasteiger partial charge in [0.05, 0.1) is 13.2 Å². The van der Waals surface area contributed by atoms with Crippen molar-refractivity contribution in [2.24, 2.45) is 0 Å². The van der Waals surface area contributed by atoms with E-state index in [-0.39, 0.29) is 4.75 Å². The third-order valence-corrected chi connectivity index (χ3v) is 4.45. The molecule has 1 rings (SSSR count). The number of hydrogen-bond donors (Lipinski definition) is 1. The van der Waals surface area contributed by atoms with Gasteiger partial charge in [-0.05, 0) is 17.5 Å². The predicted molar refractivity (Wildman–Crippen MR) is 97.4 cm³/mol. The normalized spacial score (nSPS) is 11.6. The molecule has 0 aliphatic rings. The molecule has 1 aromatic carbocycles. The molecule has 0 fully saturated rings. The van der Waals surface area contributed by atoms with Crippen LogP contribution in [-0.2, 0) is 15.9 Å². The highest BCUT2D eigenvalue weighted by molar-refractivity contribution is 8.00. The number of thioether (sulfide) groups is 1. The number of hydrogen-bond acceptors (Lipinski definition) is 4. The zero-order valence-corrected chi connectivity index (χ0v) is 14.7. The van der Waals surface area contributed by atoms with E-state index < -0.39 is 0 Å². The van der Waals surface area contributed by atoms with Crippen molar-refractivity contribution in [2.75, 3.05) is 31.5 Å². The molecule has 0 bridgehead atoms. The van der Waals surface area contributed by atoms with Crippen molar-refractivity contribution in [1.29, 1.82) is 0 Å². The standard InChI is InChI=1S/C17H26O2S2/c1-4-15-5-7-16(8-6-15)13-17(2,3)21-12-10-19-14-18-9-11-20/h4-8,20H,1,9-14H2,2-3H3. The third-order valence-electron chi connectivity index (χ3n) is 2.97. The first-order chi connectivity index (χ1) is 10.1. The number of ether oxygens (including phenoxy) is 2. The lowest BCUT2D eigenvalue weighted by Crippen LogP contribution is -2.20. The summed E-state index contributed by atoms with van der Waals surface area (Å²) < 4.78 is 10.8. The SMILES string of the molecule is C=Cc1ccc(CC(C)(C)SCCOCOCCS)cc1. The van der Waals surface area contributed by atoms with Crippen molar-refractivity contribution in [3.8, 4) is 0 Å². The first kappa shape index (κ1) is 18.6. The fourth-order valence-corrected chi connectivity index (χ4v) is 3.08. The fraction of sp³-hybridized carbons (Fsp3) is 0.529. The summed E-state index contributed by atoms with van der Waals surface area (Å²) in [5.74, 6) is 1.71. The highest BCUT2D eigenvalue weighted by atomic mass is 32.2. The summed E-state index contributed by atoms with van der Waals surface area (Å²) in [5.41, 5.74) is 2.52. The van der Waals surface area contributed by atoms with Crippen molar-refractivity contribution < 1.29 is 9.47 Å². The Morgan fingerprint density at radius 1 is 1.19 bits per heavy atom. The van der Waals surface area contributed by atoms with Gasteiger partial charge in [-0.3, -0.25) is 0 Å². The van der Waals surface area contributed by atoms with Crippen LogP contribution in [0, 0.1) is 0 Å². The first-order valence-electron chi connectivity index (χ1n) is 7.19. The maximum absolute atomic E-state index is 5.42. The Morgan fingerprint density at radius 2 is 1.86 bits per heavy atom. The Hall–Kier alpha value is -0.420. The number of benzene rings is 1. The zero-order valence-electron chi connectivity index (χ0n) is 13.0. The molecule has 0 radical (unpaired) electrons. The fourth-order valence-electron chi connectivity index (χ4n) is 1.93. The molecule has 118 valence electrons. The van der Waals surface area contributed by atoms with Crippen LogP contribution in [0.4, 0.5) is 0 Å². The van der Waals surface area contributed by atoms with Crippen LogP contribution in [0.3, 0.4) is 0 Å². The molecule has 0 aliphatic carbocycles. The molecule has 0 aromatic heterocycles. The van der Waals surface area contributed by atoms with E-state index in [4.69, 9.17) is 9.47 Å². The molecule has 0 amide bonds. The first-order valence-corrected chi connectivity index (χ1v) is 8.81. The molecule has 0 heterocycles. The molecular formula is C17H26O2S2. The molecule has 2 nitrogen and oxygen atoms in total. The van der Waals surface area contributed by atoms with Gasteiger partial charge in [0.1, 0.15) is 6.79 Å². The minimum atomic E-state index is 0.199.